The molecular formula is C20H32N2O2. The summed E-state index contributed by atoms with van der Waals surface area (Å²) in [7, 11) is 0. The number of hydrogen-bond donors (Lipinski definition) is 2. The predicted molar refractivity (Wildman–Crippen MR) is 101 cm³/mol. The molecule has 24 heavy (non-hydrogen) atoms. The molecule has 0 atom stereocenters. The molecule has 134 valence electrons. The lowest BCUT2D eigenvalue weighted by Crippen LogP contribution is -2.01. The molecule has 0 saturated heterocycles. The number of Topliss-reactive ketones (excluding diaryl/α,β-unsaturated/α-hetero) is 1. The first-order chi connectivity index (χ1) is 11.4. The lowest BCUT2D eigenvalue weighted by atomic mass is 10.0. The number of aromatic amines is 2. The number of carbonyl (C=O) groups excluding carboxylic acids is 2. The minimum Gasteiger partial charge on any atom is -0.361 e. The van der Waals surface area contributed by atoms with Crippen LogP contribution in [0.15, 0.2) is 0 Å². The number of rotatable bonds is 4. The van der Waals surface area contributed by atoms with Crippen LogP contribution >= 0.6 is 0 Å². The molecular weight excluding hydrogens is 300 g/mol. The summed E-state index contributed by atoms with van der Waals surface area (Å²) in [5, 5.41) is 0. The second-order valence-electron chi connectivity index (χ2n) is 5.35. The number of carbonyl (C=O) groups is 2. The van der Waals surface area contributed by atoms with Crippen LogP contribution in [0.1, 0.15) is 89.2 Å². The summed E-state index contributed by atoms with van der Waals surface area (Å²) in [4.78, 5) is 29.4. The first kappa shape index (κ1) is 21.9. The van der Waals surface area contributed by atoms with E-state index in [0.717, 1.165) is 45.8 Å². The van der Waals surface area contributed by atoms with Crippen LogP contribution in [0.3, 0.4) is 0 Å². The molecule has 2 rings (SSSR count). The van der Waals surface area contributed by atoms with Gasteiger partial charge in [-0.25, -0.2) is 0 Å². The van der Waals surface area contributed by atoms with Gasteiger partial charge in [0.2, 0.25) is 0 Å². The van der Waals surface area contributed by atoms with Crippen molar-refractivity contribution in [1.29, 1.82) is 0 Å². The van der Waals surface area contributed by atoms with E-state index < -0.39 is 0 Å². The lowest BCUT2D eigenvalue weighted by Gasteiger charge is -2.03. The zero-order valence-corrected chi connectivity index (χ0v) is 16.6. The maximum atomic E-state index is 11.8. The van der Waals surface area contributed by atoms with Crippen molar-refractivity contribution in [1.82, 2.24) is 9.97 Å². The van der Waals surface area contributed by atoms with Crippen LogP contribution in [-0.4, -0.2) is 22.0 Å². The molecule has 0 radical (unpaired) electrons. The van der Waals surface area contributed by atoms with Crippen molar-refractivity contribution in [3.63, 3.8) is 0 Å². The quantitative estimate of drug-likeness (QED) is 0.594. The molecule has 0 saturated carbocycles. The molecule has 0 amide bonds. The van der Waals surface area contributed by atoms with Crippen molar-refractivity contribution in [3.05, 3.63) is 45.0 Å². The molecule has 0 fully saturated rings. The van der Waals surface area contributed by atoms with Gasteiger partial charge in [-0.1, -0.05) is 27.7 Å². The third kappa shape index (κ3) is 4.47. The van der Waals surface area contributed by atoms with Gasteiger partial charge in [-0.2, -0.15) is 0 Å². The zero-order valence-electron chi connectivity index (χ0n) is 16.6. The summed E-state index contributed by atoms with van der Waals surface area (Å²) in [6.45, 7) is 17.3. The topological polar surface area (TPSA) is 65.7 Å². The summed E-state index contributed by atoms with van der Waals surface area (Å²) >= 11 is 0. The maximum absolute atomic E-state index is 11.8. The molecule has 0 unspecified atom stereocenters. The van der Waals surface area contributed by atoms with E-state index in [1.54, 1.807) is 6.92 Å². The van der Waals surface area contributed by atoms with Gasteiger partial charge in [0.05, 0.1) is 0 Å². The molecule has 2 heterocycles. The van der Waals surface area contributed by atoms with E-state index in [-0.39, 0.29) is 5.78 Å². The Kier molecular flexibility index (Phi) is 9.04. The highest BCUT2D eigenvalue weighted by Crippen LogP contribution is 2.24. The van der Waals surface area contributed by atoms with Gasteiger partial charge in [-0.15, -0.1) is 0 Å². The number of aromatic nitrogens is 2. The van der Waals surface area contributed by atoms with Crippen molar-refractivity contribution in [2.75, 3.05) is 0 Å². The summed E-state index contributed by atoms with van der Waals surface area (Å²) in [6, 6.07) is 0. The van der Waals surface area contributed by atoms with Gasteiger partial charge in [0.1, 0.15) is 0 Å². The highest BCUT2D eigenvalue weighted by atomic mass is 16.1. The monoisotopic (exact) mass is 332 g/mol. The fourth-order valence-electron chi connectivity index (χ4n) is 2.77. The Morgan fingerprint density at radius 2 is 1.38 bits per heavy atom. The molecule has 4 heteroatoms. The van der Waals surface area contributed by atoms with Crippen LogP contribution in [-0.2, 0) is 6.42 Å². The Hall–Kier alpha value is -2.10. The molecule has 2 aromatic heterocycles. The Morgan fingerprint density at radius 3 is 1.79 bits per heavy atom. The first-order valence-electron chi connectivity index (χ1n) is 8.69. The van der Waals surface area contributed by atoms with Gasteiger partial charge in [0.25, 0.3) is 0 Å². The van der Waals surface area contributed by atoms with Crippen LogP contribution in [0.4, 0.5) is 0 Å². The van der Waals surface area contributed by atoms with E-state index >= 15 is 0 Å². The Morgan fingerprint density at radius 1 is 0.875 bits per heavy atom. The smallest absolute Gasteiger partial charge is 0.161 e. The molecule has 2 N–H and O–H groups in total. The molecule has 0 aromatic carbocycles. The van der Waals surface area contributed by atoms with E-state index in [0.29, 0.717) is 12.0 Å². The first-order valence-corrected chi connectivity index (χ1v) is 8.69. The van der Waals surface area contributed by atoms with Crippen molar-refractivity contribution >= 4 is 12.1 Å². The minimum absolute atomic E-state index is 0.0680. The molecule has 0 spiro atoms. The van der Waals surface area contributed by atoms with Gasteiger partial charge in [0, 0.05) is 40.3 Å². The third-order valence-electron chi connectivity index (χ3n) is 4.00. The number of hydrogen-bond acceptors (Lipinski definition) is 2. The Bertz CT molecular complexity index is 691. The van der Waals surface area contributed by atoms with Crippen molar-refractivity contribution in [2.45, 2.75) is 68.7 Å². The summed E-state index contributed by atoms with van der Waals surface area (Å²) in [5.41, 5.74) is 7.22. The number of aryl methyl sites for hydroxylation is 2. The van der Waals surface area contributed by atoms with Gasteiger partial charge in [-0.3, -0.25) is 9.59 Å². The normalized spacial score (nSPS) is 9.54. The van der Waals surface area contributed by atoms with Crippen LogP contribution in [0, 0.1) is 27.7 Å². The fourth-order valence-corrected chi connectivity index (χ4v) is 2.77. The molecule has 0 aliphatic heterocycles. The average molecular weight is 332 g/mol. The largest absolute Gasteiger partial charge is 0.361 e. The van der Waals surface area contributed by atoms with Crippen LogP contribution in [0.2, 0.25) is 0 Å². The highest BCUT2D eigenvalue weighted by molar-refractivity contribution is 5.97. The molecule has 2 aromatic rings. The zero-order chi connectivity index (χ0) is 19.0. The molecule has 0 bridgehead atoms. The standard InChI is InChI=1S/C16H20N2O2.2C2H6/c1-8-10(3)17-15(16(8)12(5)20)6-14-9(2)13(7-19)11(4)18-14;2*1-2/h7,17-18H,6H2,1-5H3;2*1-2H3. The molecule has 0 aliphatic rings. The van der Waals surface area contributed by atoms with Crippen molar-refractivity contribution in [3.8, 4) is 0 Å². The van der Waals surface area contributed by atoms with Crippen LogP contribution in [0.5, 0.6) is 0 Å². The second-order valence-corrected chi connectivity index (χ2v) is 5.35. The second kappa shape index (κ2) is 9.91. The van der Waals surface area contributed by atoms with Gasteiger partial charge >= 0.3 is 0 Å². The molecule has 4 nitrogen and oxygen atoms in total. The number of nitrogens with one attached hydrogen (secondary N) is 2. The van der Waals surface area contributed by atoms with Gasteiger partial charge in [0.15, 0.2) is 12.1 Å². The maximum Gasteiger partial charge on any atom is 0.161 e. The van der Waals surface area contributed by atoms with Crippen molar-refractivity contribution in [2.24, 2.45) is 0 Å². The number of aldehydes is 1. The minimum atomic E-state index is 0.0680. The summed E-state index contributed by atoms with van der Waals surface area (Å²) < 4.78 is 0. The Labute approximate surface area is 146 Å². The van der Waals surface area contributed by atoms with Crippen LogP contribution in [0.25, 0.3) is 0 Å². The van der Waals surface area contributed by atoms with Gasteiger partial charge < -0.3 is 9.97 Å². The SMILES string of the molecule is CC.CC.CC(=O)c1c(Cc2[nH]c(C)c(C=O)c2C)[nH]c(C)c1C. The summed E-state index contributed by atoms with van der Waals surface area (Å²) in [6.07, 6.45) is 1.48. The fraction of sp³-hybridized carbons (Fsp3) is 0.500. The number of ketones is 1. The molecule has 0 aliphatic carbocycles. The predicted octanol–water partition coefficient (Wildman–Crippen LogP) is 5.23. The lowest BCUT2D eigenvalue weighted by molar-refractivity contribution is 0.101. The van der Waals surface area contributed by atoms with E-state index in [1.807, 2.05) is 55.4 Å². The van der Waals surface area contributed by atoms with E-state index in [4.69, 9.17) is 0 Å². The van der Waals surface area contributed by atoms with E-state index in [1.165, 1.54) is 0 Å². The third-order valence-corrected chi connectivity index (χ3v) is 4.00. The summed E-state index contributed by atoms with van der Waals surface area (Å²) in [5.74, 6) is 0.0680. The highest BCUT2D eigenvalue weighted by Gasteiger charge is 2.18. The average Bonchev–Trinajstić information content (AvgIpc) is 3.00. The van der Waals surface area contributed by atoms with Gasteiger partial charge in [-0.05, 0) is 45.7 Å². The van der Waals surface area contributed by atoms with E-state index in [2.05, 4.69) is 9.97 Å². The number of H-pyrrole nitrogens is 2. The van der Waals surface area contributed by atoms with Crippen molar-refractivity contribution < 1.29 is 9.59 Å². The Balaban J connectivity index is 0.00000123. The van der Waals surface area contributed by atoms with E-state index in [9.17, 15) is 9.59 Å². The van der Waals surface area contributed by atoms with Crippen LogP contribution < -0.4 is 0 Å².